The largest absolute Gasteiger partial charge is 0.415 e. The number of carbonyl (C=O) groups is 1. The molecule has 0 aromatic heterocycles. The molecule has 0 saturated carbocycles. The fourth-order valence-corrected chi connectivity index (χ4v) is 2.60. The van der Waals surface area contributed by atoms with Gasteiger partial charge in [-0.1, -0.05) is 32.0 Å². The van der Waals surface area contributed by atoms with Crippen LogP contribution in [-0.2, 0) is 0 Å². The third kappa shape index (κ3) is 2.84. The van der Waals surface area contributed by atoms with Gasteiger partial charge in [0.1, 0.15) is 5.75 Å². The molecule has 0 aliphatic carbocycles. The van der Waals surface area contributed by atoms with Crippen LogP contribution in [0.5, 0.6) is 5.75 Å². The molecule has 1 saturated heterocycles. The number of ether oxygens (including phenoxy) is 1. The van der Waals surface area contributed by atoms with Crippen molar-refractivity contribution in [2.24, 2.45) is 11.8 Å². The lowest BCUT2D eigenvalue weighted by Crippen LogP contribution is -2.49. The third-order valence-corrected chi connectivity index (χ3v) is 3.78. The zero-order chi connectivity index (χ0) is 13.1. The number of para-hydroxylation sites is 1. The van der Waals surface area contributed by atoms with Crippen molar-refractivity contribution in [2.45, 2.75) is 33.2 Å². The summed E-state index contributed by atoms with van der Waals surface area (Å²) in [5.74, 6) is 1.68. The molecule has 18 heavy (non-hydrogen) atoms. The van der Waals surface area contributed by atoms with E-state index >= 15 is 0 Å². The van der Waals surface area contributed by atoms with Crippen LogP contribution in [0.4, 0.5) is 4.79 Å². The molecule has 0 spiro atoms. The molecule has 98 valence electrons. The summed E-state index contributed by atoms with van der Waals surface area (Å²) in [6.07, 6.45) is 0.947. The number of rotatable bonds is 1. The van der Waals surface area contributed by atoms with Crippen LogP contribution in [0.15, 0.2) is 30.3 Å². The Labute approximate surface area is 109 Å². The van der Waals surface area contributed by atoms with Gasteiger partial charge in [-0.3, -0.25) is 0 Å². The van der Waals surface area contributed by atoms with Crippen molar-refractivity contribution in [3.63, 3.8) is 0 Å². The van der Waals surface area contributed by atoms with Gasteiger partial charge in [-0.05, 0) is 37.3 Å². The lowest BCUT2D eigenvalue weighted by Gasteiger charge is -2.40. The van der Waals surface area contributed by atoms with Gasteiger partial charge >= 0.3 is 6.09 Å². The smallest absolute Gasteiger partial charge is 0.410 e. The summed E-state index contributed by atoms with van der Waals surface area (Å²) in [6, 6.07) is 9.50. The van der Waals surface area contributed by atoms with Crippen molar-refractivity contribution in [2.75, 3.05) is 6.54 Å². The van der Waals surface area contributed by atoms with E-state index in [1.807, 2.05) is 23.1 Å². The second-order valence-electron chi connectivity index (χ2n) is 5.39. The number of carbonyl (C=O) groups excluding carboxylic acids is 1. The first-order chi connectivity index (χ1) is 8.58. The summed E-state index contributed by atoms with van der Waals surface area (Å²) in [5.41, 5.74) is 0. The topological polar surface area (TPSA) is 29.5 Å². The van der Waals surface area contributed by atoms with Gasteiger partial charge in [0.15, 0.2) is 0 Å². The molecule has 3 nitrogen and oxygen atoms in total. The predicted octanol–water partition coefficient (Wildman–Crippen LogP) is 3.55. The fraction of sp³-hybridized carbons (Fsp3) is 0.533. The average Bonchev–Trinajstić information content (AvgIpc) is 2.35. The number of hydrogen-bond acceptors (Lipinski definition) is 2. The maximum Gasteiger partial charge on any atom is 0.415 e. The van der Waals surface area contributed by atoms with Crippen LogP contribution >= 0.6 is 0 Å². The molecule has 3 heteroatoms. The minimum atomic E-state index is -0.230. The van der Waals surface area contributed by atoms with Gasteiger partial charge in [-0.15, -0.1) is 0 Å². The Balaban J connectivity index is 2.04. The molecular formula is C15H21NO2. The second kappa shape index (κ2) is 5.42. The zero-order valence-electron chi connectivity index (χ0n) is 11.3. The Kier molecular flexibility index (Phi) is 3.90. The Morgan fingerprint density at radius 1 is 1.22 bits per heavy atom. The molecule has 0 bridgehead atoms. The fourth-order valence-electron chi connectivity index (χ4n) is 2.60. The standard InChI is InChI=1S/C15H21NO2/c1-11-9-12(2)13(3)16(10-11)15(17)18-14-7-5-4-6-8-14/h4-8,11-13H,9-10H2,1-3H3. The van der Waals surface area contributed by atoms with Crippen molar-refractivity contribution < 1.29 is 9.53 Å². The molecule has 3 unspecified atom stereocenters. The van der Waals surface area contributed by atoms with Gasteiger partial charge in [0, 0.05) is 12.6 Å². The first-order valence-corrected chi connectivity index (χ1v) is 6.61. The molecular weight excluding hydrogens is 226 g/mol. The van der Waals surface area contributed by atoms with Gasteiger partial charge < -0.3 is 9.64 Å². The summed E-state index contributed by atoms with van der Waals surface area (Å²) < 4.78 is 5.41. The number of likely N-dealkylation sites (tertiary alicyclic amines) is 1. The molecule has 2 rings (SSSR count). The highest BCUT2D eigenvalue weighted by atomic mass is 16.6. The highest BCUT2D eigenvalue weighted by Crippen LogP contribution is 2.27. The van der Waals surface area contributed by atoms with Crippen LogP contribution in [0.25, 0.3) is 0 Å². The van der Waals surface area contributed by atoms with E-state index in [2.05, 4.69) is 20.8 Å². The molecule has 1 aliphatic heterocycles. The predicted molar refractivity (Wildman–Crippen MR) is 71.6 cm³/mol. The van der Waals surface area contributed by atoms with Crippen LogP contribution < -0.4 is 4.74 Å². The number of benzene rings is 1. The zero-order valence-corrected chi connectivity index (χ0v) is 11.3. The monoisotopic (exact) mass is 247 g/mol. The number of hydrogen-bond donors (Lipinski definition) is 0. The van der Waals surface area contributed by atoms with E-state index < -0.39 is 0 Å². The van der Waals surface area contributed by atoms with Crippen LogP contribution in [0, 0.1) is 11.8 Å². The summed E-state index contributed by atoms with van der Waals surface area (Å²) >= 11 is 0. The van der Waals surface area contributed by atoms with Gasteiger partial charge in [-0.2, -0.15) is 0 Å². The highest BCUT2D eigenvalue weighted by molar-refractivity contribution is 5.71. The van der Waals surface area contributed by atoms with Crippen molar-refractivity contribution in [3.8, 4) is 5.75 Å². The van der Waals surface area contributed by atoms with Crippen molar-refractivity contribution in [1.82, 2.24) is 4.90 Å². The van der Waals surface area contributed by atoms with Gasteiger partial charge in [-0.25, -0.2) is 4.79 Å². The Bertz CT molecular complexity index is 404. The number of nitrogens with zero attached hydrogens (tertiary/aromatic N) is 1. The van der Waals surface area contributed by atoms with Gasteiger partial charge in [0.2, 0.25) is 0 Å². The normalized spacial score (nSPS) is 27.9. The average molecular weight is 247 g/mol. The van der Waals surface area contributed by atoms with E-state index in [0.717, 1.165) is 6.54 Å². The van der Waals surface area contributed by atoms with E-state index in [9.17, 15) is 4.79 Å². The summed E-state index contributed by atoms with van der Waals surface area (Å²) in [4.78, 5) is 14.0. The van der Waals surface area contributed by atoms with Gasteiger partial charge in [0.05, 0.1) is 0 Å². The van der Waals surface area contributed by atoms with Crippen LogP contribution in [0.3, 0.4) is 0 Å². The quantitative estimate of drug-likeness (QED) is 0.759. The first-order valence-electron chi connectivity index (χ1n) is 6.61. The molecule has 1 aromatic rings. The number of amides is 1. The van der Waals surface area contributed by atoms with E-state index in [1.54, 1.807) is 12.1 Å². The van der Waals surface area contributed by atoms with E-state index in [1.165, 1.54) is 6.42 Å². The van der Waals surface area contributed by atoms with Crippen LogP contribution in [-0.4, -0.2) is 23.6 Å². The lowest BCUT2D eigenvalue weighted by molar-refractivity contribution is 0.0751. The lowest BCUT2D eigenvalue weighted by atomic mass is 9.86. The molecule has 1 aliphatic rings. The maximum atomic E-state index is 12.2. The third-order valence-electron chi connectivity index (χ3n) is 3.78. The Morgan fingerprint density at radius 2 is 1.89 bits per heavy atom. The Hall–Kier alpha value is -1.51. The minimum absolute atomic E-state index is 0.230. The van der Waals surface area contributed by atoms with E-state index in [-0.39, 0.29) is 12.1 Å². The van der Waals surface area contributed by atoms with Crippen molar-refractivity contribution >= 4 is 6.09 Å². The molecule has 1 aromatic carbocycles. The summed E-state index contributed by atoms with van der Waals surface area (Å²) in [6.45, 7) is 7.27. The van der Waals surface area contributed by atoms with Crippen LogP contribution in [0.1, 0.15) is 27.2 Å². The van der Waals surface area contributed by atoms with Crippen molar-refractivity contribution in [1.29, 1.82) is 0 Å². The van der Waals surface area contributed by atoms with E-state index in [0.29, 0.717) is 17.6 Å². The summed E-state index contributed by atoms with van der Waals surface area (Å²) in [5, 5.41) is 0. The molecule has 1 heterocycles. The Morgan fingerprint density at radius 3 is 2.56 bits per heavy atom. The second-order valence-corrected chi connectivity index (χ2v) is 5.39. The maximum absolute atomic E-state index is 12.2. The minimum Gasteiger partial charge on any atom is -0.410 e. The molecule has 1 fully saturated rings. The highest BCUT2D eigenvalue weighted by Gasteiger charge is 2.32. The molecule has 1 amide bonds. The van der Waals surface area contributed by atoms with Crippen LogP contribution in [0.2, 0.25) is 0 Å². The van der Waals surface area contributed by atoms with E-state index in [4.69, 9.17) is 4.74 Å². The molecule has 0 N–H and O–H groups in total. The summed E-state index contributed by atoms with van der Waals surface area (Å²) in [7, 11) is 0. The first kappa shape index (κ1) is 12.9. The SMILES string of the molecule is CC1CC(C)C(C)N(C(=O)Oc2ccccc2)C1. The van der Waals surface area contributed by atoms with Gasteiger partial charge in [0.25, 0.3) is 0 Å². The number of piperidine rings is 1. The molecule has 3 atom stereocenters. The van der Waals surface area contributed by atoms with Crippen molar-refractivity contribution in [3.05, 3.63) is 30.3 Å². The molecule has 0 radical (unpaired) electrons.